The van der Waals surface area contributed by atoms with Crippen LogP contribution < -0.4 is 10.0 Å². The van der Waals surface area contributed by atoms with E-state index in [-0.39, 0.29) is 23.6 Å². The van der Waals surface area contributed by atoms with Crippen molar-refractivity contribution in [2.24, 2.45) is 5.92 Å². The third-order valence-electron chi connectivity index (χ3n) is 3.75. The van der Waals surface area contributed by atoms with Crippen LogP contribution in [-0.2, 0) is 14.8 Å². The largest absolute Gasteiger partial charge is 0.326 e. The zero-order chi connectivity index (χ0) is 16.2. The van der Waals surface area contributed by atoms with Crippen LogP contribution in [0.2, 0.25) is 0 Å². The van der Waals surface area contributed by atoms with Gasteiger partial charge in [-0.2, -0.15) is 0 Å². The molecule has 1 aromatic rings. The molecular weight excluding hydrogens is 300 g/mol. The molecule has 1 fully saturated rings. The Labute approximate surface area is 132 Å². The second-order valence-electron chi connectivity index (χ2n) is 5.90. The van der Waals surface area contributed by atoms with E-state index in [0.717, 1.165) is 30.5 Å². The molecule has 0 aromatic heterocycles. The van der Waals surface area contributed by atoms with Crippen molar-refractivity contribution in [1.82, 2.24) is 4.72 Å². The van der Waals surface area contributed by atoms with E-state index in [1.54, 1.807) is 0 Å². The second-order valence-corrected chi connectivity index (χ2v) is 7.77. The van der Waals surface area contributed by atoms with Crippen LogP contribution in [0.5, 0.6) is 0 Å². The van der Waals surface area contributed by atoms with Crippen molar-refractivity contribution in [3.63, 3.8) is 0 Å². The number of hydrogen-bond donors (Lipinski definition) is 2. The molecule has 122 valence electrons. The molecule has 0 radical (unpaired) electrons. The number of carbonyl (C=O) groups excluding carboxylic acids is 1. The van der Waals surface area contributed by atoms with Crippen LogP contribution in [0.1, 0.15) is 51.1 Å². The van der Waals surface area contributed by atoms with Crippen molar-refractivity contribution < 1.29 is 13.2 Å². The van der Waals surface area contributed by atoms with Gasteiger partial charge in [-0.25, -0.2) is 13.1 Å². The molecule has 1 aliphatic rings. The summed E-state index contributed by atoms with van der Waals surface area (Å²) in [5.74, 6) is 0.397. The first-order valence-electron chi connectivity index (χ1n) is 7.82. The first-order chi connectivity index (χ1) is 10.4. The normalized spacial score (nSPS) is 16.3. The minimum absolute atomic E-state index is 0.0704. The number of hydrogen-bond acceptors (Lipinski definition) is 3. The standard InChI is InChI=1S/C16H24N2O3S/c1-3-4-11-22(20,21)18-12(2)13-7-9-15(10-8-13)17-16(19)14-5-6-14/h7-10,12,14,18H,3-6,11H2,1-2H3,(H,17,19)/t12-/m0/s1. The van der Waals surface area contributed by atoms with Crippen LogP contribution in [-0.4, -0.2) is 20.1 Å². The smallest absolute Gasteiger partial charge is 0.227 e. The SMILES string of the molecule is CCCCS(=O)(=O)N[C@@H](C)c1ccc(NC(=O)C2CC2)cc1. The lowest BCUT2D eigenvalue weighted by Crippen LogP contribution is -2.29. The highest BCUT2D eigenvalue weighted by atomic mass is 32.2. The molecule has 1 saturated carbocycles. The molecular formula is C16H24N2O3S. The Bertz CT molecular complexity index is 607. The molecule has 0 heterocycles. The van der Waals surface area contributed by atoms with Gasteiger partial charge in [-0.05, 0) is 43.9 Å². The van der Waals surface area contributed by atoms with E-state index in [1.165, 1.54) is 0 Å². The number of rotatable bonds is 8. The molecule has 2 N–H and O–H groups in total. The van der Waals surface area contributed by atoms with E-state index in [0.29, 0.717) is 6.42 Å². The van der Waals surface area contributed by atoms with Gasteiger partial charge in [-0.3, -0.25) is 4.79 Å². The fourth-order valence-corrected chi connectivity index (χ4v) is 3.64. The molecule has 1 aromatic carbocycles. The third kappa shape index (κ3) is 5.10. The van der Waals surface area contributed by atoms with E-state index in [1.807, 2.05) is 38.1 Å². The van der Waals surface area contributed by atoms with E-state index >= 15 is 0 Å². The summed E-state index contributed by atoms with van der Waals surface area (Å²) in [6.45, 7) is 3.79. The quantitative estimate of drug-likeness (QED) is 0.772. The Morgan fingerprint density at radius 3 is 2.45 bits per heavy atom. The van der Waals surface area contributed by atoms with Gasteiger partial charge in [0.2, 0.25) is 15.9 Å². The topological polar surface area (TPSA) is 75.3 Å². The van der Waals surface area contributed by atoms with Gasteiger partial charge in [0, 0.05) is 17.6 Å². The lowest BCUT2D eigenvalue weighted by molar-refractivity contribution is -0.117. The van der Waals surface area contributed by atoms with Crippen molar-refractivity contribution in [1.29, 1.82) is 0 Å². The predicted octanol–water partition coefficient (Wildman–Crippen LogP) is 2.82. The van der Waals surface area contributed by atoms with Crippen LogP contribution >= 0.6 is 0 Å². The van der Waals surface area contributed by atoms with Gasteiger partial charge in [-0.1, -0.05) is 25.5 Å². The van der Waals surface area contributed by atoms with E-state index in [9.17, 15) is 13.2 Å². The molecule has 0 unspecified atom stereocenters. The van der Waals surface area contributed by atoms with Gasteiger partial charge in [0.1, 0.15) is 0 Å². The Balaban J connectivity index is 1.92. The molecule has 5 nitrogen and oxygen atoms in total. The molecule has 1 atom stereocenters. The first kappa shape index (κ1) is 17.0. The average Bonchev–Trinajstić information content (AvgIpc) is 3.30. The van der Waals surface area contributed by atoms with Gasteiger partial charge in [0.25, 0.3) is 0 Å². The highest BCUT2D eigenvalue weighted by Gasteiger charge is 2.29. The molecule has 6 heteroatoms. The summed E-state index contributed by atoms with van der Waals surface area (Å²) in [6, 6.07) is 7.03. The summed E-state index contributed by atoms with van der Waals surface area (Å²) < 4.78 is 26.5. The van der Waals surface area contributed by atoms with Gasteiger partial charge < -0.3 is 5.32 Å². The van der Waals surface area contributed by atoms with Crippen LogP contribution in [0.15, 0.2) is 24.3 Å². The predicted molar refractivity (Wildman–Crippen MR) is 88.0 cm³/mol. The van der Waals surface area contributed by atoms with Crippen molar-refractivity contribution in [3.8, 4) is 0 Å². The number of amides is 1. The Morgan fingerprint density at radius 2 is 1.91 bits per heavy atom. The minimum atomic E-state index is -3.24. The lowest BCUT2D eigenvalue weighted by Gasteiger charge is -2.15. The third-order valence-corrected chi connectivity index (χ3v) is 5.29. The summed E-state index contributed by atoms with van der Waals surface area (Å²) in [4.78, 5) is 11.7. The van der Waals surface area contributed by atoms with Crippen LogP contribution in [0.25, 0.3) is 0 Å². The molecule has 22 heavy (non-hydrogen) atoms. The van der Waals surface area contributed by atoms with E-state index < -0.39 is 10.0 Å². The summed E-state index contributed by atoms with van der Waals surface area (Å²) in [5, 5.41) is 2.87. The Kier molecular flexibility index (Phi) is 5.58. The summed E-state index contributed by atoms with van der Waals surface area (Å²) in [7, 11) is -3.24. The maximum Gasteiger partial charge on any atom is 0.227 e. The first-order valence-corrected chi connectivity index (χ1v) is 9.47. The molecule has 0 spiro atoms. The summed E-state index contributed by atoms with van der Waals surface area (Å²) in [6.07, 6.45) is 3.46. The van der Waals surface area contributed by atoms with Crippen LogP contribution in [0, 0.1) is 5.92 Å². The average molecular weight is 324 g/mol. The van der Waals surface area contributed by atoms with Crippen molar-refractivity contribution in [2.75, 3.05) is 11.1 Å². The summed E-state index contributed by atoms with van der Waals surface area (Å²) >= 11 is 0. The van der Waals surface area contributed by atoms with Gasteiger partial charge in [0.15, 0.2) is 0 Å². The number of anilines is 1. The summed E-state index contributed by atoms with van der Waals surface area (Å²) in [5.41, 5.74) is 1.63. The fraction of sp³-hybridized carbons (Fsp3) is 0.562. The van der Waals surface area contributed by atoms with Crippen molar-refractivity contribution in [3.05, 3.63) is 29.8 Å². The van der Waals surface area contributed by atoms with E-state index in [4.69, 9.17) is 0 Å². The molecule has 0 aliphatic heterocycles. The lowest BCUT2D eigenvalue weighted by atomic mass is 10.1. The molecule has 1 amide bonds. The monoisotopic (exact) mass is 324 g/mol. The maximum atomic E-state index is 11.9. The Hall–Kier alpha value is -1.40. The Morgan fingerprint density at radius 1 is 1.27 bits per heavy atom. The maximum absolute atomic E-state index is 11.9. The van der Waals surface area contributed by atoms with Crippen LogP contribution in [0.4, 0.5) is 5.69 Å². The molecule has 1 aliphatic carbocycles. The molecule has 0 bridgehead atoms. The van der Waals surface area contributed by atoms with Gasteiger partial charge in [-0.15, -0.1) is 0 Å². The zero-order valence-corrected chi connectivity index (χ0v) is 13.9. The van der Waals surface area contributed by atoms with Gasteiger partial charge in [0.05, 0.1) is 5.75 Å². The number of benzene rings is 1. The van der Waals surface area contributed by atoms with E-state index in [2.05, 4.69) is 10.0 Å². The zero-order valence-electron chi connectivity index (χ0n) is 13.1. The van der Waals surface area contributed by atoms with Crippen molar-refractivity contribution in [2.45, 2.75) is 45.6 Å². The van der Waals surface area contributed by atoms with Crippen molar-refractivity contribution >= 4 is 21.6 Å². The highest BCUT2D eigenvalue weighted by Crippen LogP contribution is 2.30. The molecule has 0 saturated heterocycles. The minimum Gasteiger partial charge on any atom is -0.326 e. The highest BCUT2D eigenvalue weighted by molar-refractivity contribution is 7.89. The number of unbranched alkanes of at least 4 members (excludes halogenated alkanes) is 1. The van der Waals surface area contributed by atoms with Crippen LogP contribution in [0.3, 0.4) is 0 Å². The number of sulfonamides is 1. The molecule has 2 rings (SSSR count). The number of carbonyl (C=O) groups is 1. The second kappa shape index (κ2) is 7.24. The fourth-order valence-electron chi connectivity index (χ4n) is 2.18. The number of nitrogens with one attached hydrogen (secondary N) is 2. The van der Waals surface area contributed by atoms with Gasteiger partial charge >= 0.3 is 0 Å².